The van der Waals surface area contributed by atoms with Crippen molar-refractivity contribution < 1.29 is 18.0 Å². The number of hydrogen-bond acceptors (Lipinski definition) is 4. The van der Waals surface area contributed by atoms with E-state index >= 15 is 0 Å². The number of benzene rings is 3. The van der Waals surface area contributed by atoms with Crippen LogP contribution in [0.3, 0.4) is 0 Å². The zero-order chi connectivity index (χ0) is 28.0. The third-order valence-corrected chi connectivity index (χ3v) is 8.32. The van der Waals surface area contributed by atoms with Crippen molar-refractivity contribution in [3.05, 3.63) is 94.0 Å². The Labute approximate surface area is 234 Å². The van der Waals surface area contributed by atoms with Gasteiger partial charge in [0, 0.05) is 22.6 Å². The molecule has 0 unspecified atom stereocenters. The Bertz CT molecular complexity index is 1400. The highest BCUT2D eigenvalue weighted by Gasteiger charge is 2.33. The van der Waals surface area contributed by atoms with Crippen molar-refractivity contribution in [1.82, 2.24) is 10.2 Å². The molecule has 0 aliphatic heterocycles. The highest BCUT2D eigenvalue weighted by atomic mass is 35.5. The lowest BCUT2D eigenvalue weighted by Gasteiger charge is -2.33. The number of carbonyl (C=O) groups excluding carboxylic acids is 2. The molecule has 0 saturated carbocycles. The SMILES string of the molecule is Cc1ccc(Cl)cc1N(CC(=O)N(Cc1ccccc1Cl)[C@@H](C)C(=O)NC(C)C)S(=O)(=O)c1ccccc1. The quantitative estimate of drug-likeness (QED) is 0.348. The number of hydrogen-bond donors (Lipinski definition) is 1. The first-order valence-electron chi connectivity index (χ1n) is 12.1. The molecular weight excluding hydrogens is 545 g/mol. The van der Waals surface area contributed by atoms with Gasteiger partial charge in [-0.2, -0.15) is 0 Å². The van der Waals surface area contributed by atoms with Crippen LogP contribution in [0, 0.1) is 6.92 Å². The Morgan fingerprint density at radius 2 is 1.55 bits per heavy atom. The summed E-state index contributed by atoms with van der Waals surface area (Å²) in [4.78, 5) is 28.2. The maximum atomic E-state index is 13.9. The minimum atomic E-state index is -4.17. The average Bonchev–Trinajstić information content (AvgIpc) is 2.88. The van der Waals surface area contributed by atoms with Crippen LogP contribution in [0.5, 0.6) is 0 Å². The van der Waals surface area contributed by atoms with Crippen LogP contribution < -0.4 is 9.62 Å². The molecule has 1 atom stereocenters. The molecule has 7 nitrogen and oxygen atoms in total. The maximum Gasteiger partial charge on any atom is 0.264 e. The smallest absolute Gasteiger partial charge is 0.264 e. The first kappa shape index (κ1) is 29.5. The van der Waals surface area contributed by atoms with Crippen molar-refractivity contribution in [2.24, 2.45) is 0 Å². The van der Waals surface area contributed by atoms with Gasteiger partial charge >= 0.3 is 0 Å². The lowest BCUT2D eigenvalue weighted by atomic mass is 10.1. The van der Waals surface area contributed by atoms with Crippen molar-refractivity contribution >= 4 is 50.7 Å². The molecule has 3 aromatic carbocycles. The first-order valence-corrected chi connectivity index (χ1v) is 14.3. The van der Waals surface area contributed by atoms with Crippen LogP contribution in [0.25, 0.3) is 0 Å². The standard InChI is InChI=1S/C28H31Cl2N3O4S/c1-19(2)31-28(35)21(4)32(17-22-10-8-9-13-25(22)30)27(34)18-33(26-16-23(29)15-14-20(26)3)38(36,37)24-11-6-5-7-12-24/h5-16,19,21H,17-18H2,1-4H3,(H,31,35)/t21-/m0/s1. The molecule has 0 fully saturated rings. The maximum absolute atomic E-state index is 13.9. The molecule has 0 heterocycles. The lowest BCUT2D eigenvalue weighted by molar-refractivity contribution is -0.139. The van der Waals surface area contributed by atoms with Crippen LogP contribution in [-0.4, -0.2) is 43.8 Å². The summed E-state index contributed by atoms with van der Waals surface area (Å²) < 4.78 is 28.7. The molecule has 0 aliphatic carbocycles. The molecule has 0 bridgehead atoms. The van der Waals surface area contributed by atoms with Gasteiger partial charge in [0.1, 0.15) is 12.6 Å². The highest BCUT2D eigenvalue weighted by molar-refractivity contribution is 7.92. The monoisotopic (exact) mass is 575 g/mol. The molecular formula is C28H31Cl2N3O4S. The molecule has 0 saturated heterocycles. The van der Waals surface area contributed by atoms with Gasteiger partial charge in [0.2, 0.25) is 11.8 Å². The van der Waals surface area contributed by atoms with E-state index in [9.17, 15) is 18.0 Å². The summed E-state index contributed by atoms with van der Waals surface area (Å²) in [5.41, 5.74) is 1.51. The number of nitrogens with zero attached hydrogens (tertiary/aromatic N) is 2. The predicted molar refractivity (Wildman–Crippen MR) is 152 cm³/mol. The highest BCUT2D eigenvalue weighted by Crippen LogP contribution is 2.30. The summed E-state index contributed by atoms with van der Waals surface area (Å²) in [6.07, 6.45) is 0. The molecule has 3 rings (SSSR count). The number of amides is 2. The van der Waals surface area contributed by atoms with Crippen LogP contribution in [0.15, 0.2) is 77.7 Å². The normalized spacial score (nSPS) is 12.2. The molecule has 0 aliphatic rings. The summed E-state index contributed by atoms with van der Waals surface area (Å²) in [5.74, 6) is -0.938. The number of carbonyl (C=O) groups is 2. The fraction of sp³-hybridized carbons (Fsp3) is 0.286. The Kier molecular flexibility index (Phi) is 9.82. The third kappa shape index (κ3) is 7.07. The number of anilines is 1. The van der Waals surface area contributed by atoms with Crippen LogP contribution >= 0.6 is 23.2 Å². The summed E-state index contributed by atoms with van der Waals surface area (Å²) >= 11 is 12.6. The zero-order valence-electron chi connectivity index (χ0n) is 21.7. The Balaban J connectivity index is 2.08. The molecule has 0 spiro atoms. The summed E-state index contributed by atoms with van der Waals surface area (Å²) in [6, 6.07) is 18.7. The third-order valence-electron chi connectivity index (χ3n) is 5.95. The predicted octanol–water partition coefficient (Wildman–Crippen LogP) is 5.44. The first-order chi connectivity index (χ1) is 17.9. The lowest BCUT2D eigenvalue weighted by Crippen LogP contribution is -2.52. The van der Waals surface area contributed by atoms with Gasteiger partial charge in [0.25, 0.3) is 10.0 Å². The van der Waals surface area contributed by atoms with Crippen molar-refractivity contribution in [3.63, 3.8) is 0 Å². The summed E-state index contributed by atoms with van der Waals surface area (Å²) in [5, 5.41) is 3.58. The second-order valence-corrected chi connectivity index (χ2v) is 11.9. The van der Waals surface area contributed by atoms with E-state index in [1.807, 2.05) is 13.8 Å². The molecule has 10 heteroatoms. The summed E-state index contributed by atoms with van der Waals surface area (Å²) in [7, 11) is -4.17. The van der Waals surface area contributed by atoms with Gasteiger partial charge in [0.15, 0.2) is 0 Å². The largest absolute Gasteiger partial charge is 0.352 e. The van der Waals surface area contributed by atoms with E-state index in [1.54, 1.807) is 68.4 Å². The van der Waals surface area contributed by atoms with Gasteiger partial charge in [-0.25, -0.2) is 8.42 Å². The molecule has 38 heavy (non-hydrogen) atoms. The number of nitrogens with one attached hydrogen (secondary N) is 1. The van der Waals surface area contributed by atoms with Crippen LogP contribution in [-0.2, 0) is 26.2 Å². The molecule has 0 radical (unpaired) electrons. The Morgan fingerprint density at radius 3 is 2.18 bits per heavy atom. The van der Waals surface area contributed by atoms with E-state index in [-0.39, 0.29) is 29.1 Å². The second kappa shape index (κ2) is 12.7. The number of sulfonamides is 1. The zero-order valence-corrected chi connectivity index (χ0v) is 24.0. The van der Waals surface area contributed by atoms with Crippen molar-refractivity contribution in [2.45, 2.75) is 51.2 Å². The average molecular weight is 577 g/mol. The Hall–Kier alpha value is -3.07. The van der Waals surface area contributed by atoms with E-state index in [0.29, 0.717) is 21.2 Å². The molecule has 0 aromatic heterocycles. The Morgan fingerprint density at radius 1 is 0.921 bits per heavy atom. The van der Waals surface area contributed by atoms with E-state index in [4.69, 9.17) is 23.2 Å². The van der Waals surface area contributed by atoms with Crippen LogP contribution in [0.1, 0.15) is 31.9 Å². The van der Waals surface area contributed by atoms with Crippen LogP contribution in [0.2, 0.25) is 10.0 Å². The van der Waals surface area contributed by atoms with Gasteiger partial charge in [0.05, 0.1) is 10.6 Å². The fourth-order valence-corrected chi connectivity index (χ4v) is 5.74. The van der Waals surface area contributed by atoms with Gasteiger partial charge in [-0.1, -0.05) is 65.7 Å². The van der Waals surface area contributed by atoms with Crippen molar-refractivity contribution in [3.8, 4) is 0 Å². The second-order valence-electron chi connectivity index (χ2n) is 9.21. The van der Waals surface area contributed by atoms with E-state index in [2.05, 4.69) is 5.32 Å². The van der Waals surface area contributed by atoms with Crippen molar-refractivity contribution in [2.75, 3.05) is 10.8 Å². The minimum absolute atomic E-state index is 0.0128. The minimum Gasteiger partial charge on any atom is -0.352 e. The van der Waals surface area contributed by atoms with Crippen LogP contribution in [0.4, 0.5) is 5.69 Å². The summed E-state index contributed by atoms with van der Waals surface area (Å²) in [6.45, 7) is 6.44. The molecule has 202 valence electrons. The molecule has 1 N–H and O–H groups in total. The van der Waals surface area contributed by atoms with Gasteiger partial charge in [-0.05, 0) is 69.2 Å². The van der Waals surface area contributed by atoms with Gasteiger partial charge in [-0.15, -0.1) is 0 Å². The van der Waals surface area contributed by atoms with Crippen molar-refractivity contribution in [1.29, 1.82) is 0 Å². The number of rotatable bonds is 10. The fourth-order valence-electron chi connectivity index (χ4n) is 3.88. The number of halogens is 2. The number of aryl methyl sites for hydroxylation is 1. The topological polar surface area (TPSA) is 86.8 Å². The van der Waals surface area contributed by atoms with Gasteiger partial charge < -0.3 is 10.2 Å². The van der Waals surface area contributed by atoms with E-state index in [1.165, 1.54) is 23.1 Å². The van der Waals surface area contributed by atoms with Gasteiger partial charge in [-0.3, -0.25) is 13.9 Å². The molecule has 3 aromatic rings. The van der Waals surface area contributed by atoms with E-state index < -0.39 is 28.5 Å². The molecule has 2 amide bonds. The van der Waals surface area contributed by atoms with E-state index in [0.717, 1.165) is 4.31 Å².